The quantitative estimate of drug-likeness (QED) is 0.830. The van der Waals surface area contributed by atoms with E-state index in [0.29, 0.717) is 12.1 Å². The van der Waals surface area contributed by atoms with Gasteiger partial charge in [-0.15, -0.1) is 0 Å². The Hall–Kier alpha value is -1.12. The van der Waals surface area contributed by atoms with Gasteiger partial charge in [0.1, 0.15) is 0 Å². The van der Waals surface area contributed by atoms with Gasteiger partial charge in [0.25, 0.3) is 0 Å². The topological polar surface area (TPSA) is 12.0 Å². The van der Waals surface area contributed by atoms with Crippen LogP contribution in [0.5, 0.6) is 0 Å². The molecule has 0 aliphatic heterocycles. The molecule has 21 heavy (non-hydrogen) atoms. The summed E-state index contributed by atoms with van der Waals surface area (Å²) >= 11 is 3.57. The number of nitrogens with one attached hydrogen (secondary N) is 1. The Morgan fingerprint density at radius 1 is 1.00 bits per heavy atom. The first-order valence-electron chi connectivity index (χ1n) is 7.89. The highest BCUT2D eigenvalue weighted by Crippen LogP contribution is 2.40. The van der Waals surface area contributed by atoms with Crippen molar-refractivity contribution >= 4 is 15.9 Å². The van der Waals surface area contributed by atoms with Crippen molar-refractivity contribution in [3.63, 3.8) is 0 Å². The van der Waals surface area contributed by atoms with Crippen LogP contribution >= 0.6 is 15.9 Å². The molecule has 0 spiro atoms. The van der Waals surface area contributed by atoms with Crippen LogP contribution in [-0.4, -0.2) is 6.04 Å². The molecule has 1 nitrogen and oxygen atoms in total. The SMILES string of the molecule is Brc1cccc(C2CC(NC3CCc4ccccc43)C2)c1. The Morgan fingerprint density at radius 3 is 2.71 bits per heavy atom. The van der Waals surface area contributed by atoms with Gasteiger partial charge in [0.2, 0.25) is 0 Å². The van der Waals surface area contributed by atoms with Crippen molar-refractivity contribution in [2.75, 3.05) is 0 Å². The van der Waals surface area contributed by atoms with Gasteiger partial charge >= 0.3 is 0 Å². The molecule has 2 aromatic carbocycles. The average Bonchev–Trinajstić information content (AvgIpc) is 2.85. The second kappa shape index (κ2) is 5.58. The number of halogens is 1. The van der Waals surface area contributed by atoms with Gasteiger partial charge in [-0.2, -0.15) is 0 Å². The second-order valence-electron chi connectivity index (χ2n) is 6.38. The van der Waals surface area contributed by atoms with E-state index in [1.54, 1.807) is 0 Å². The largest absolute Gasteiger partial charge is 0.307 e. The zero-order valence-corrected chi connectivity index (χ0v) is 13.6. The second-order valence-corrected chi connectivity index (χ2v) is 7.29. The first kappa shape index (κ1) is 13.5. The first-order chi connectivity index (χ1) is 10.3. The van der Waals surface area contributed by atoms with Crippen molar-refractivity contribution in [3.05, 3.63) is 69.7 Å². The van der Waals surface area contributed by atoms with Crippen molar-refractivity contribution in [2.45, 2.75) is 43.7 Å². The molecular formula is C19H20BrN. The molecule has 0 bridgehead atoms. The molecule has 0 heterocycles. The minimum atomic E-state index is 0.578. The van der Waals surface area contributed by atoms with Crippen molar-refractivity contribution in [1.82, 2.24) is 5.32 Å². The molecule has 1 N–H and O–H groups in total. The fraction of sp³-hybridized carbons (Fsp3) is 0.368. The van der Waals surface area contributed by atoms with Crippen LogP contribution in [0.2, 0.25) is 0 Å². The Morgan fingerprint density at radius 2 is 1.86 bits per heavy atom. The van der Waals surface area contributed by atoms with E-state index in [-0.39, 0.29) is 0 Å². The van der Waals surface area contributed by atoms with Crippen LogP contribution in [-0.2, 0) is 6.42 Å². The first-order valence-corrected chi connectivity index (χ1v) is 8.68. The molecular weight excluding hydrogens is 322 g/mol. The fourth-order valence-corrected chi connectivity index (χ4v) is 4.22. The van der Waals surface area contributed by atoms with E-state index < -0.39 is 0 Å². The number of hydrogen-bond acceptors (Lipinski definition) is 1. The zero-order valence-electron chi connectivity index (χ0n) is 12.1. The van der Waals surface area contributed by atoms with Gasteiger partial charge in [-0.1, -0.05) is 52.3 Å². The lowest BCUT2D eigenvalue weighted by molar-refractivity contribution is 0.264. The molecule has 108 valence electrons. The van der Waals surface area contributed by atoms with Crippen LogP contribution in [0.1, 0.15) is 47.9 Å². The summed E-state index contributed by atoms with van der Waals surface area (Å²) < 4.78 is 1.20. The van der Waals surface area contributed by atoms with Crippen molar-refractivity contribution in [1.29, 1.82) is 0 Å². The number of aryl methyl sites for hydroxylation is 1. The van der Waals surface area contributed by atoms with E-state index in [2.05, 4.69) is 69.8 Å². The Kier molecular flexibility index (Phi) is 3.60. The number of hydrogen-bond donors (Lipinski definition) is 1. The third-order valence-corrected chi connectivity index (χ3v) is 5.52. The minimum Gasteiger partial charge on any atom is -0.307 e. The standard InChI is InChI=1S/C19H20BrN/c20-16-6-3-5-14(10-16)15-11-17(12-15)21-19-9-8-13-4-1-2-7-18(13)19/h1-7,10,15,17,19,21H,8-9,11-12H2. The van der Waals surface area contributed by atoms with Crippen LogP contribution in [0.3, 0.4) is 0 Å². The number of rotatable bonds is 3. The summed E-state index contributed by atoms with van der Waals surface area (Å²) in [4.78, 5) is 0. The van der Waals surface area contributed by atoms with Gasteiger partial charge in [-0.3, -0.25) is 0 Å². The molecule has 2 aliphatic rings. The fourth-order valence-electron chi connectivity index (χ4n) is 3.80. The number of benzene rings is 2. The third-order valence-electron chi connectivity index (χ3n) is 5.03. The summed E-state index contributed by atoms with van der Waals surface area (Å²) in [5.41, 5.74) is 4.55. The predicted octanol–water partition coefficient (Wildman–Crippen LogP) is 4.97. The molecule has 0 saturated heterocycles. The summed E-state index contributed by atoms with van der Waals surface area (Å²) in [5, 5.41) is 3.87. The van der Waals surface area contributed by atoms with E-state index >= 15 is 0 Å². The third kappa shape index (κ3) is 2.67. The predicted molar refractivity (Wildman–Crippen MR) is 90.5 cm³/mol. The smallest absolute Gasteiger partial charge is 0.0328 e. The molecule has 1 saturated carbocycles. The molecule has 0 amide bonds. The molecule has 1 fully saturated rings. The maximum atomic E-state index is 3.87. The zero-order chi connectivity index (χ0) is 14.2. The van der Waals surface area contributed by atoms with E-state index in [1.165, 1.54) is 46.8 Å². The molecule has 2 heteroatoms. The van der Waals surface area contributed by atoms with Crippen LogP contribution in [0.15, 0.2) is 53.0 Å². The van der Waals surface area contributed by atoms with Gasteiger partial charge in [0.05, 0.1) is 0 Å². The highest BCUT2D eigenvalue weighted by atomic mass is 79.9. The number of fused-ring (bicyclic) bond motifs is 1. The summed E-state index contributed by atoms with van der Waals surface area (Å²) in [6.45, 7) is 0. The van der Waals surface area contributed by atoms with Crippen molar-refractivity contribution < 1.29 is 0 Å². The molecule has 2 aliphatic carbocycles. The van der Waals surface area contributed by atoms with E-state index in [1.807, 2.05) is 0 Å². The lowest BCUT2D eigenvalue weighted by Crippen LogP contribution is -2.41. The van der Waals surface area contributed by atoms with Gasteiger partial charge in [-0.25, -0.2) is 0 Å². The van der Waals surface area contributed by atoms with Crippen LogP contribution in [0.4, 0.5) is 0 Å². The highest BCUT2D eigenvalue weighted by Gasteiger charge is 2.33. The lowest BCUT2D eigenvalue weighted by Gasteiger charge is -2.38. The summed E-state index contributed by atoms with van der Waals surface area (Å²) in [5.74, 6) is 0.733. The molecule has 2 aromatic rings. The molecule has 4 rings (SSSR count). The monoisotopic (exact) mass is 341 g/mol. The van der Waals surface area contributed by atoms with Gasteiger partial charge in [0, 0.05) is 16.6 Å². The Labute approximate surface area is 134 Å². The van der Waals surface area contributed by atoms with E-state index in [9.17, 15) is 0 Å². The summed E-state index contributed by atoms with van der Waals surface area (Å²) in [6.07, 6.45) is 5.04. The minimum absolute atomic E-state index is 0.578. The summed E-state index contributed by atoms with van der Waals surface area (Å²) in [7, 11) is 0. The highest BCUT2D eigenvalue weighted by molar-refractivity contribution is 9.10. The Bertz CT molecular complexity index is 646. The van der Waals surface area contributed by atoms with Gasteiger partial charge < -0.3 is 5.32 Å². The maximum Gasteiger partial charge on any atom is 0.0328 e. The van der Waals surface area contributed by atoms with Crippen LogP contribution in [0, 0.1) is 0 Å². The lowest BCUT2D eigenvalue weighted by atomic mass is 9.75. The van der Waals surface area contributed by atoms with Crippen molar-refractivity contribution in [2.24, 2.45) is 0 Å². The maximum absolute atomic E-state index is 3.87. The summed E-state index contributed by atoms with van der Waals surface area (Å²) in [6, 6.07) is 19.0. The van der Waals surface area contributed by atoms with Crippen molar-refractivity contribution in [3.8, 4) is 0 Å². The van der Waals surface area contributed by atoms with Gasteiger partial charge in [0.15, 0.2) is 0 Å². The van der Waals surface area contributed by atoms with Crippen LogP contribution < -0.4 is 5.32 Å². The van der Waals surface area contributed by atoms with E-state index in [4.69, 9.17) is 0 Å². The molecule has 1 unspecified atom stereocenters. The Balaban J connectivity index is 1.37. The molecule has 1 atom stereocenters. The van der Waals surface area contributed by atoms with Crippen LogP contribution in [0.25, 0.3) is 0 Å². The molecule has 0 radical (unpaired) electrons. The normalized spacial score (nSPS) is 27.2. The van der Waals surface area contributed by atoms with Gasteiger partial charge in [-0.05, 0) is 60.4 Å². The average molecular weight is 342 g/mol. The van der Waals surface area contributed by atoms with E-state index in [0.717, 1.165) is 5.92 Å². The molecule has 0 aromatic heterocycles.